The zero-order chi connectivity index (χ0) is 16.6. The molecule has 0 saturated heterocycles. The Labute approximate surface area is 140 Å². The lowest BCUT2D eigenvalue weighted by atomic mass is 9.73. The second kappa shape index (κ2) is 5.94. The van der Waals surface area contributed by atoms with E-state index in [2.05, 4.69) is 21.9 Å². The maximum absolute atomic E-state index is 12.1. The van der Waals surface area contributed by atoms with E-state index in [9.17, 15) is 4.79 Å². The number of nitrogens with zero attached hydrogens (tertiary/aromatic N) is 1. The van der Waals surface area contributed by atoms with Crippen molar-refractivity contribution in [2.75, 3.05) is 11.9 Å². The summed E-state index contributed by atoms with van der Waals surface area (Å²) in [5.74, 6) is 1.93. The molecule has 0 radical (unpaired) electrons. The molecule has 1 fully saturated rings. The number of para-hydroxylation sites is 1. The molecule has 1 amide bonds. The van der Waals surface area contributed by atoms with Gasteiger partial charge >= 0.3 is 0 Å². The van der Waals surface area contributed by atoms with Gasteiger partial charge in [0.1, 0.15) is 17.1 Å². The molecule has 0 bridgehead atoms. The van der Waals surface area contributed by atoms with Crippen LogP contribution in [0.25, 0.3) is 0 Å². The van der Waals surface area contributed by atoms with E-state index in [1.54, 1.807) is 13.0 Å². The monoisotopic (exact) mass is 327 g/mol. The average Bonchev–Trinajstić information content (AvgIpc) is 2.95. The Bertz CT molecular complexity index is 751. The van der Waals surface area contributed by atoms with Crippen molar-refractivity contribution in [3.05, 3.63) is 41.7 Å². The van der Waals surface area contributed by atoms with Gasteiger partial charge in [-0.2, -0.15) is 0 Å². The van der Waals surface area contributed by atoms with E-state index < -0.39 is 0 Å². The lowest BCUT2D eigenvalue weighted by Gasteiger charge is -2.48. The maximum Gasteiger partial charge on any atom is 0.239 e. The lowest BCUT2D eigenvalue weighted by Crippen LogP contribution is -2.49. The number of ether oxygens (including phenoxy) is 1. The summed E-state index contributed by atoms with van der Waals surface area (Å²) in [5, 5.41) is 9.89. The van der Waals surface area contributed by atoms with Gasteiger partial charge in [-0.1, -0.05) is 23.4 Å². The van der Waals surface area contributed by atoms with Gasteiger partial charge in [0, 0.05) is 24.1 Å². The van der Waals surface area contributed by atoms with Crippen molar-refractivity contribution in [1.29, 1.82) is 0 Å². The first kappa shape index (κ1) is 15.2. The minimum absolute atomic E-state index is 0.0499. The van der Waals surface area contributed by atoms with Crippen molar-refractivity contribution in [2.45, 2.75) is 44.2 Å². The molecule has 24 heavy (non-hydrogen) atoms. The molecule has 1 aliphatic heterocycles. The minimum Gasteiger partial charge on any atom is -0.487 e. The first-order valence-corrected chi connectivity index (χ1v) is 8.38. The molecular formula is C18H21N3O3. The molecule has 1 atom stereocenters. The first-order chi connectivity index (χ1) is 11.6. The topological polar surface area (TPSA) is 76.4 Å². The molecule has 1 unspecified atom stereocenters. The van der Waals surface area contributed by atoms with Crippen molar-refractivity contribution in [2.24, 2.45) is 0 Å². The van der Waals surface area contributed by atoms with Crippen LogP contribution in [0.5, 0.6) is 5.75 Å². The number of hydrogen-bond acceptors (Lipinski definition) is 5. The van der Waals surface area contributed by atoms with Gasteiger partial charge in [-0.05, 0) is 32.3 Å². The Morgan fingerprint density at radius 2 is 2.21 bits per heavy atom. The molecule has 6 heteroatoms. The van der Waals surface area contributed by atoms with Gasteiger partial charge in [0.25, 0.3) is 0 Å². The zero-order valence-electron chi connectivity index (χ0n) is 13.7. The molecule has 1 saturated carbocycles. The molecule has 2 heterocycles. The van der Waals surface area contributed by atoms with Crippen molar-refractivity contribution in [1.82, 2.24) is 10.5 Å². The van der Waals surface area contributed by atoms with Crippen LogP contribution in [0.4, 0.5) is 5.82 Å². The molecule has 4 rings (SSSR count). The van der Waals surface area contributed by atoms with Crippen LogP contribution in [-0.4, -0.2) is 23.2 Å². The molecule has 2 aliphatic rings. The van der Waals surface area contributed by atoms with E-state index in [-0.39, 0.29) is 24.1 Å². The molecule has 2 aromatic rings. The number of rotatable bonds is 4. The Morgan fingerprint density at radius 3 is 2.92 bits per heavy atom. The van der Waals surface area contributed by atoms with Crippen LogP contribution in [0.2, 0.25) is 0 Å². The molecule has 126 valence electrons. The van der Waals surface area contributed by atoms with Crippen LogP contribution in [0.1, 0.15) is 43.0 Å². The number of benzene rings is 1. The van der Waals surface area contributed by atoms with Crippen LogP contribution >= 0.6 is 0 Å². The fourth-order valence-corrected chi connectivity index (χ4v) is 3.51. The molecular weight excluding hydrogens is 306 g/mol. The molecule has 1 aromatic carbocycles. The molecule has 1 spiro atoms. The van der Waals surface area contributed by atoms with E-state index in [4.69, 9.17) is 9.26 Å². The summed E-state index contributed by atoms with van der Waals surface area (Å²) in [6.07, 6.45) is 4.29. The van der Waals surface area contributed by atoms with Crippen LogP contribution in [0, 0.1) is 6.92 Å². The summed E-state index contributed by atoms with van der Waals surface area (Å²) in [5.41, 5.74) is 1.08. The lowest BCUT2D eigenvalue weighted by molar-refractivity contribution is -0.115. The standard InChI is InChI=1S/C18H21N3O3/c1-12-9-16(21-24-12)20-17(22)11-19-14-10-18(7-4-8-18)23-15-6-3-2-5-13(14)15/h2-3,5-6,9,14,19H,4,7-8,10-11H2,1H3,(H,20,21,22). The van der Waals surface area contributed by atoms with Crippen LogP contribution in [-0.2, 0) is 4.79 Å². The smallest absolute Gasteiger partial charge is 0.239 e. The molecule has 2 N–H and O–H groups in total. The summed E-state index contributed by atoms with van der Waals surface area (Å²) in [7, 11) is 0. The van der Waals surface area contributed by atoms with E-state index in [1.165, 1.54) is 6.42 Å². The highest BCUT2D eigenvalue weighted by Crippen LogP contribution is 2.48. The highest BCUT2D eigenvalue weighted by atomic mass is 16.5. The Kier molecular flexibility index (Phi) is 3.76. The van der Waals surface area contributed by atoms with Crippen molar-refractivity contribution < 1.29 is 14.1 Å². The van der Waals surface area contributed by atoms with E-state index in [0.29, 0.717) is 11.6 Å². The Hall–Kier alpha value is -2.34. The van der Waals surface area contributed by atoms with E-state index in [0.717, 1.165) is 30.6 Å². The predicted molar refractivity (Wildman–Crippen MR) is 88.9 cm³/mol. The fraction of sp³-hybridized carbons (Fsp3) is 0.444. The average molecular weight is 327 g/mol. The van der Waals surface area contributed by atoms with Crippen LogP contribution < -0.4 is 15.4 Å². The first-order valence-electron chi connectivity index (χ1n) is 8.38. The van der Waals surface area contributed by atoms with Gasteiger partial charge < -0.3 is 19.9 Å². The largest absolute Gasteiger partial charge is 0.487 e. The fourth-order valence-electron chi connectivity index (χ4n) is 3.51. The van der Waals surface area contributed by atoms with Crippen molar-refractivity contribution in [3.63, 3.8) is 0 Å². The number of carbonyl (C=O) groups excluding carboxylic acids is 1. The van der Waals surface area contributed by atoms with Gasteiger partial charge in [-0.25, -0.2) is 0 Å². The number of nitrogens with one attached hydrogen (secondary N) is 2. The second-order valence-electron chi connectivity index (χ2n) is 6.69. The van der Waals surface area contributed by atoms with E-state index >= 15 is 0 Å². The summed E-state index contributed by atoms with van der Waals surface area (Å²) in [4.78, 5) is 12.1. The second-order valence-corrected chi connectivity index (χ2v) is 6.69. The quantitative estimate of drug-likeness (QED) is 0.903. The van der Waals surface area contributed by atoms with Gasteiger partial charge in [0.05, 0.1) is 6.54 Å². The third kappa shape index (κ3) is 2.89. The van der Waals surface area contributed by atoms with Gasteiger partial charge in [0.2, 0.25) is 5.91 Å². The van der Waals surface area contributed by atoms with E-state index in [1.807, 2.05) is 18.2 Å². The number of carbonyl (C=O) groups is 1. The van der Waals surface area contributed by atoms with Crippen molar-refractivity contribution in [3.8, 4) is 5.75 Å². The number of hydrogen-bond donors (Lipinski definition) is 2. The highest BCUT2D eigenvalue weighted by Gasteiger charge is 2.45. The van der Waals surface area contributed by atoms with Gasteiger partial charge in [-0.15, -0.1) is 0 Å². The Balaban J connectivity index is 1.42. The van der Waals surface area contributed by atoms with Gasteiger partial charge in [-0.3, -0.25) is 4.79 Å². The molecule has 6 nitrogen and oxygen atoms in total. The summed E-state index contributed by atoms with van der Waals surface area (Å²) < 4.78 is 11.2. The highest BCUT2D eigenvalue weighted by molar-refractivity contribution is 5.91. The van der Waals surface area contributed by atoms with Crippen LogP contribution in [0.15, 0.2) is 34.9 Å². The number of aryl methyl sites for hydroxylation is 1. The number of amides is 1. The summed E-state index contributed by atoms with van der Waals surface area (Å²) in [6, 6.07) is 9.91. The SMILES string of the molecule is Cc1cc(NC(=O)CNC2CC3(CCC3)Oc3ccccc32)no1. The number of fused-ring (bicyclic) bond motifs is 1. The third-order valence-electron chi connectivity index (χ3n) is 4.87. The zero-order valence-corrected chi connectivity index (χ0v) is 13.7. The maximum atomic E-state index is 12.1. The number of aromatic nitrogens is 1. The van der Waals surface area contributed by atoms with Crippen molar-refractivity contribution >= 4 is 11.7 Å². The normalized spacial score (nSPS) is 20.8. The van der Waals surface area contributed by atoms with Crippen LogP contribution in [0.3, 0.4) is 0 Å². The summed E-state index contributed by atoms with van der Waals surface area (Å²) in [6.45, 7) is 2.01. The predicted octanol–water partition coefficient (Wildman–Crippen LogP) is 2.96. The molecule has 1 aromatic heterocycles. The Morgan fingerprint density at radius 1 is 1.38 bits per heavy atom. The number of anilines is 1. The minimum atomic E-state index is -0.130. The molecule has 1 aliphatic carbocycles. The summed E-state index contributed by atoms with van der Waals surface area (Å²) >= 11 is 0. The third-order valence-corrected chi connectivity index (χ3v) is 4.87. The van der Waals surface area contributed by atoms with Gasteiger partial charge in [0.15, 0.2) is 5.82 Å².